The minimum Gasteiger partial charge on any atom is -0.456 e. The fourth-order valence-electron chi connectivity index (χ4n) is 5.79. The molecule has 3 heteroatoms. The van der Waals surface area contributed by atoms with Crippen LogP contribution in [0.4, 0.5) is 0 Å². The summed E-state index contributed by atoms with van der Waals surface area (Å²) >= 11 is 0. The summed E-state index contributed by atoms with van der Waals surface area (Å²) in [5, 5.41) is 15.3. The van der Waals surface area contributed by atoms with E-state index < -0.39 is 5.60 Å². The molecule has 0 saturated carbocycles. The van der Waals surface area contributed by atoms with Gasteiger partial charge in [-0.05, 0) is 66.4 Å². The van der Waals surface area contributed by atoms with Crippen LogP contribution in [-0.2, 0) is 5.60 Å². The molecule has 2 heterocycles. The van der Waals surface area contributed by atoms with Crippen molar-refractivity contribution in [2.75, 3.05) is 0 Å². The Bertz CT molecular complexity index is 2160. The number of hydrogen-bond acceptors (Lipinski definition) is 3. The van der Waals surface area contributed by atoms with E-state index in [0.29, 0.717) is 0 Å². The zero-order valence-corrected chi connectivity index (χ0v) is 23.5. The molecule has 2 aromatic heterocycles. The van der Waals surface area contributed by atoms with Crippen LogP contribution in [0.25, 0.3) is 66.1 Å². The van der Waals surface area contributed by atoms with E-state index >= 15 is 0 Å². The average molecular weight is 547 g/mol. The van der Waals surface area contributed by atoms with Crippen LogP contribution in [0.1, 0.15) is 19.4 Å². The number of furan rings is 2. The molecule has 8 aromatic rings. The Morgan fingerprint density at radius 1 is 0.452 bits per heavy atom. The van der Waals surface area contributed by atoms with Gasteiger partial charge in [0.15, 0.2) is 0 Å². The molecular formula is C39H30O3. The van der Waals surface area contributed by atoms with Crippen molar-refractivity contribution < 1.29 is 13.9 Å². The van der Waals surface area contributed by atoms with Gasteiger partial charge in [0.25, 0.3) is 0 Å². The summed E-state index contributed by atoms with van der Waals surface area (Å²) in [5.74, 6) is 0. The van der Waals surface area contributed by atoms with Crippen molar-refractivity contribution in [3.8, 4) is 22.3 Å². The van der Waals surface area contributed by atoms with Crippen LogP contribution < -0.4 is 0 Å². The van der Waals surface area contributed by atoms with Crippen molar-refractivity contribution in [3.05, 3.63) is 145 Å². The number of aliphatic hydroxyl groups is 1. The van der Waals surface area contributed by atoms with E-state index in [1.54, 1.807) is 13.8 Å². The Morgan fingerprint density at radius 2 is 0.976 bits per heavy atom. The lowest BCUT2D eigenvalue weighted by Gasteiger charge is -2.22. The second-order valence-electron chi connectivity index (χ2n) is 11.1. The number of rotatable bonds is 3. The molecule has 0 amide bonds. The van der Waals surface area contributed by atoms with E-state index in [1.807, 2.05) is 60.7 Å². The molecule has 42 heavy (non-hydrogen) atoms. The standard InChI is InChI=1S/C21H18O2.C18H12O/c1-21(2,22)19-15(14-8-4-3-5-9-14)12-13-17-16-10-6-7-11-18(16)23-20(17)19;1-2-6-13(7-3-1)14-10-11-16-15-8-4-5-9-17(15)19-18(16)12-14/h3-13,22H,1-2H3;1-12H. The first kappa shape index (κ1) is 25.8. The van der Waals surface area contributed by atoms with E-state index in [1.165, 1.54) is 21.9 Å². The molecule has 0 bridgehead atoms. The molecule has 3 nitrogen and oxygen atoms in total. The first-order chi connectivity index (χ1) is 20.5. The van der Waals surface area contributed by atoms with Crippen LogP contribution in [0.3, 0.4) is 0 Å². The van der Waals surface area contributed by atoms with Gasteiger partial charge in [-0.2, -0.15) is 0 Å². The van der Waals surface area contributed by atoms with Crippen molar-refractivity contribution in [2.45, 2.75) is 19.4 Å². The van der Waals surface area contributed by atoms with Gasteiger partial charge in [-0.25, -0.2) is 0 Å². The van der Waals surface area contributed by atoms with Crippen LogP contribution in [0.2, 0.25) is 0 Å². The first-order valence-electron chi connectivity index (χ1n) is 14.2. The minimum absolute atomic E-state index is 0.764. The lowest BCUT2D eigenvalue weighted by atomic mass is 9.88. The summed E-state index contributed by atoms with van der Waals surface area (Å²) in [7, 11) is 0. The van der Waals surface area contributed by atoms with E-state index in [-0.39, 0.29) is 0 Å². The SMILES string of the molecule is CC(C)(O)c1c(-c2ccccc2)ccc2c1oc1ccccc12.c1ccc(-c2ccc3c(c2)oc2ccccc23)cc1. The monoisotopic (exact) mass is 546 g/mol. The van der Waals surface area contributed by atoms with Gasteiger partial charge in [0, 0.05) is 27.1 Å². The third-order valence-electron chi connectivity index (χ3n) is 7.73. The van der Waals surface area contributed by atoms with Gasteiger partial charge in [-0.1, -0.05) is 109 Å². The molecule has 6 aromatic carbocycles. The zero-order valence-electron chi connectivity index (χ0n) is 23.5. The Kier molecular flexibility index (Phi) is 6.38. The number of fused-ring (bicyclic) bond motifs is 6. The predicted octanol–water partition coefficient (Wildman–Crippen LogP) is 10.7. The third kappa shape index (κ3) is 4.64. The first-order valence-corrected chi connectivity index (χ1v) is 14.2. The molecule has 0 aliphatic carbocycles. The molecular weight excluding hydrogens is 516 g/mol. The number of para-hydroxylation sites is 2. The Hall–Kier alpha value is -5.12. The van der Waals surface area contributed by atoms with Crippen LogP contribution in [-0.4, -0.2) is 5.11 Å². The Balaban J connectivity index is 0.000000139. The van der Waals surface area contributed by atoms with Crippen LogP contribution >= 0.6 is 0 Å². The highest BCUT2D eigenvalue weighted by Crippen LogP contribution is 2.41. The summed E-state index contributed by atoms with van der Waals surface area (Å²) in [5.41, 5.74) is 7.81. The molecule has 0 aliphatic rings. The molecule has 0 unspecified atom stereocenters. The van der Waals surface area contributed by atoms with E-state index in [2.05, 4.69) is 78.9 Å². The molecule has 0 aliphatic heterocycles. The molecule has 204 valence electrons. The third-order valence-corrected chi connectivity index (χ3v) is 7.73. The fraction of sp³-hybridized carbons (Fsp3) is 0.0769. The van der Waals surface area contributed by atoms with Crippen molar-refractivity contribution >= 4 is 43.9 Å². The number of benzene rings is 6. The van der Waals surface area contributed by atoms with Crippen molar-refractivity contribution in [3.63, 3.8) is 0 Å². The maximum absolute atomic E-state index is 10.8. The molecule has 0 spiro atoms. The lowest BCUT2D eigenvalue weighted by molar-refractivity contribution is 0.0798. The van der Waals surface area contributed by atoms with Crippen LogP contribution in [0, 0.1) is 0 Å². The van der Waals surface area contributed by atoms with Crippen molar-refractivity contribution in [1.82, 2.24) is 0 Å². The highest BCUT2D eigenvalue weighted by molar-refractivity contribution is 6.08. The summed E-state index contributed by atoms with van der Waals surface area (Å²) < 4.78 is 12.0. The number of hydrogen-bond donors (Lipinski definition) is 1. The molecule has 0 fully saturated rings. The van der Waals surface area contributed by atoms with Gasteiger partial charge < -0.3 is 13.9 Å². The van der Waals surface area contributed by atoms with Crippen LogP contribution in [0.15, 0.2) is 148 Å². The minimum atomic E-state index is -1.00. The molecule has 0 saturated heterocycles. The second kappa shape index (κ2) is 10.4. The van der Waals surface area contributed by atoms with Gasteiger partial charge in [0.2, 0.25) is 0 Å². The topological polar surface area (TPSA) is 46.5 Å². The maximum atomic E-state index is 10.8. The molecule has 0 atom stereocenters. The summed E-state index contributed by atoms with van der Waals surface area (Å²) in [6, 6.07) is 47.2. The van der Waals surface area contributed by atoms with Gasteiger partial charge in [-0.15, -0.1) is 0 Å². The smallest absolute Gasteiger partial charge is 0.142 e. The maximum Gasteiger partial charge on any atom is 0.142 e. The molecule has 1 N–H and O–H groups in total. The van der Waals surface area contributed by atoms with E-state index in [9.17, 15) is 5.11 Å². The summed E-state index contributed by atoms with van der Waals surface area (Å²) in [6.45, 7) is 3.61. The zero-order chi connectivity index (χ0) is 28.7. The lowest BCUT2D eigenvalue weighted by Crippen LogP contribution is -2.17. The van der Waals surface area contributed by atoms with E-state index in [4.69, 9.17) is 8.83 Å². The second-order valence-corrected chi connectivity index (χ2v) is 11.1. The quantitative estimate of drug-likeness (QED) is 0.240. The average Bonchev–Trinajstić information content (AvgIpc) is 3.59. The summed E-state index contributed by atoms with van der Waals surface area (Å²) in [4.78, 5) is 0. The highest BCUT2D eigenvalue weighted by Gasteiger charge is 2.26. The highest BCUT2D eigenvalue weighted by atomic mass is 16.3. The van der Waals surface area contributed by atoms with Gasteiger partial charge in [0.05, 0.1) is 5.60 Å². The summed E-state index contributed by atoms with van der Waals surface area (Å²) in [6.07, 6.45) is 0. The Labute approximate surface area is 244 Å². The van der Waals surface area contributed by atoms with Gasteiger partial charge >= 0.3 is 0 Å². The van der Waals surface area contributed by atoms with Crippen molar-refractivity contribution in [2.24, 2.45) is 0 Å². The van der Waals surface area contributed by atoms with E-state index in [0.717, 1.165) is 49.8 Å². The largest absolute Gasteiger partial charge is 0.456 e. The van der Waals surface area contributed by atoms with Gasteiger partial charge in [0.1, 0.15) is 22.3 Å². The molecule has 8 rings (SSSR count). The fourth-order valence-corrected chi connectivity index (χ4v) is 5.79. The normalized spacial score (nSPS) is 11.7. The van der Waals surface area contributed by atoms with Crippen molar-refractivity contribution in [1.29, 1.82) is 0 Å². The Morgan fingerprint density at radius 3 is 1.64 bits per heavy atom. The predicted molar refractivity (Wildman–Crippen MR) is 174 cm³/mol. The van der Waals surface area contributed by atoms with Crippen LogP contribution in [0.5, 0.6) is 0 Å². The molecule has 0 radical (unpaired) electrons. The van der Waals surface area contributed by atoms with Gasteiger partial charge in [-0.3, -0.25) is 0 Å².